The van der Waals surface area contributed by atoms with Crippen LogP contribution in [0.15, 0.2) is 24.3 Å². The summed E-state index contributed by atoms with van der Waals surface area (Å²) < 4.78 is 0. The first-order valence-corrected chi connectivity index (χ1v) is 6.55. The van der Waals surface area contributed by atoms with Crippen LogP contribution in [0.4, 0.5) is 0 Å². The highest BCUT2D eigenvalue weighted by atomic mass is 35.5. The van der Waals surface area contributed by atoms with E-state index >= 15 is 0 Å². The van der Waals surface area contributed by atoms with Gasteiger partial charge < -0.3 is 10.6 Å². The SMILES string of the molecule is O=C(NCCCl)c1ccccc1C(=O)NCCCl. The van der Waals surface area contributed by atoms with Crippen LogP contribution in [0.1, 0.15) is 20.7 Å². The Morgan fingerprint density at radius 1 is 0.889 bits per heavy atom. The second-order valence-corrected chi connectivity index (χ2v) is 4.19. The molecule has 1 rings (SSSR count). The van der Waals surface area contributed by atoms with Crippen molar-refractivity contribution in [1.29, 1.82) is 0 Å². The lowest BCUT2D eigenvalue weighted by Gasteiger charge is -2.09. The van der Waals surface area contributed by atoms with Crippen LogP contribution in [-0.4, -0.2) is 36.7 Å². The first kappa shape index (κ1) is 14.8. The summed E-state index contributed by atoms with van der Waals surface area (Å²) >= 11 is 11.0. The summed E-state index contributed by atoms with van der Waals surface area (Å²) in [6.07, 6.45) is 0. The van der Waals surface area contributed by atoms with Crippen LogP contribution in [0.25, 0.3) is 0 Å². The van der Waals surface area contributed by atoms with E-state index < -0.39 is 0 Å². The lowest BCUT2D eigenvalue weighted by Crippen LogP contribution is -2.31. The van der Waals surface area contributed by atoms with E-state index in [1.807, 2.05) is 0 Å². The molecule has 0 saturated heterocycles. The third-order valence-corrected chi connectivity index (χ3v) is 2.55. The van der Waals surface area contributed by atoms with Crippen molar-refractivity contribution >= 4 is 35.0 Å². The quantitative estimate of drug-likeness (QED) is 0.782. The van der Waals surface area contributed by atoms with E-state index in [0.717, 1.165) is 0 Å². The van der Waals surface area contributed by atoms with Crippen LogP contribution in [0.2, 0.25) is 0 Å². The molecule has 2 N–H and O–H groups in total. The fourth-order valence-corrected chi connectivity index (χ4v) is 1.58. The van der Waals surface area contributed by atoms with Crippen molar-refractivity contribution < 1.29 is 9.59 Å². The number of carbonyl (C=O) groups is 2. The average Bonchev–Trinajstić information content (AvgIpc) is 2.42. The Kier molecular flexibility index (Phi) is 6.54. The summed E-state index contributed by atoms with van der Waals surface area (Å²) in [4.78, 5) is 23.7. The van der Waals surface area contributed by atoms with Gasteiger partial charge in [-0.05, 0) is 12.1 Å². The third kappa shape index (κ3) is 4.20. The van der Waals surface area contributed by atoms with Crippen LogP contribution >= 0.6 is 23.2 Å². The minimum absolute atomic E-state index is 0.313. The van der Waals surface area contributed by atoms with E-state index in [9.17, 15) is 9.59 Å². The van der Waals surface area contributed by atoms with Gasteiger partial charge in [0.25, 0.3) is 11.8 Å². The van der Waals surface area contributed by atoms with Crippen LogP contribution in [0.5, 0.6) is 0 Å². The van der Waals surface area contributed by atoms with E-state index in [1.54, 1.807) is 24.3 Å². The fraction of sp³-hybridized carbons (Fsp3) is 0.333. The standard InChI is InChI=1S/C12H14Cl2N2O2/c13-5-7-15-11(17)9-3-1-2-4-10(9)12(18)16-8-6-14/h1-4H,5-8H2,(H,15,17)(H,16,18). The van der Waals surface area contributed by atoms with Gasteiger partial charge >= 0.3 is 0 Å². The van der Waals surface area contributed by atoms with Crippen LogP contribution in [0, 0.1) is 0 Å². The maximum Gasteiger partial charge on any atom is 0.252 e. The van der Waals surface area contributed by atoms with Gasteiger partial charge in [-0.1, -0.05) is 12.1 Å². The first-order valence-electron chi connectivity index (χ1n) is 5.48. The lowest BCUT2D eigenvalue weighted by atomic mass is 10.1. The fourth-order valence-electron chi connectivity index (χ4n) is 1.39. The predicted octanol–water partition coefficient (Wildman–Crippen LogP) is 1.62. The van der Waals surface area contributed by atoms with Crippen LogP contribution in [0.3, 0.4) is 0 Å². The molecule has 1 aromatic rings. The molecule has 0 spiro atoms. The molecule has 1 aromatic carbocycles. The van der Waals surface area contributed by atoms with Crippen molar-refractivity contribution in [2.45, 2.75) is 0 Å². The minimum Gasteiger partial charge on any atom is -0.351 e. The summed E-state index contributed by atoms with van der Waals surface area (Å²) in [7, 11) is 0. The molecule has 0 atom stereocenters. The number of amides is 2. The van der Waals surface area contributed by atoms with Gasteiger partial charge in [-0.3, -0.25) is 9.59 Å². The van der Waals surface area contributed by atoms with Gasteiger partial charge in [0.2, 0.25) is 0 Å². The second-order valence-electron chi connectivity index (χ2n) is 3.44. The van der Waals surface area contributed by atoms with Crippen molar-refractivity contribution in [1.82, 2.24) is 10.6 Å². The maximum atomic E-state index is 11.8. The third-order valence-electron chi connectivity index (χ3n) is 2.18. The molecule has 0 fully saturated rings. The van der Waals surface area contributed by atoms with Gasteiger partial charge in [0.1, 0.15) is 0 Å². The maximum absolute atomic E-state index is 11.8. The van der Waals surface area contributed by atoms with Gasteiger partial charge in [0.15, 0.2) is 0 Å². The minimum atomic E-state index is -0.313. The Labute approximate surface area is 116 Å². The first-order chi connectivity index (χ1) is 8.70. The molecule has 0 aliphatic carbocycles. The Balaban J connectivity index is 2.85. The highest BCUT2D eigenvalue weighted by Gasteiger charge is 2.15. The van der Waals surface area contributed by atoms with Gasteiger partial charge in [-0.15, -0.1) is 23.2 Å². The molecule has 0 heterocycles. The molecular weight excluding hydrogens is 275 g/mol. The predicted molar refractivity (Wildman–Crippen MR) is 72.5 cm³/mol. The molecule has 6 heteroatoms. The molecule has 0 aliphatic rings. The second kappa shape index (κ2) is 7.95. The largest absolute Gasteiger partial charge is 0.351 e. The summed E-state index contributed by atoms with van der Waals surface area (Å²) in [5.41, 5.74) is 0.657. The van der Waals surface area contributed by atoms with Gasteiger partial charge in [-0.2, -0.15) is 0 Å². The van der Waals surface area contributed by atoms with E-state index in [4.69, 9.17) is 23.2 Å². The summed E-state index contributed by atoms with van der Waals surface area (Å²) in [5, 5.41) is 5.25. The van der Waals surface area contributed by atoms with Gasteiger partial charge in [-0.25, -0.2) is 0 Å². The number of carbonyl (C=O) groups excluding carboxylic acids is 2. The molecule has 0 unspecified atom stereocenters. The number of benzene rings is 1. The zero-order chi connectivity index (χ0) is 13.4. The highest BCUT2D eigenvalue weighted by molar-refractivity contribution is 6.18. The van der Waals surface area contributed by atoms with E-state index in [0.29, 0.717) is 36.0 Å². The van der Waals surface area contributed by atoms with Crippen molar-refractivity contribution in [3.8, 4) is 0 Å². The van der Waals surface area contributed by atoms with E-state index in [2.05, 4.69) is 10.6 Å². The zero-order valence-corrected chi connectivity index (χ0v) is 11.2. The summed E-state index contributed by atoms with van der Waals surface area (Å²) in [5.74, 6) is 0.0261. The van der Waals surface area contributed by atoms with Crippen molar-refractivity contribution in [3.05, 3.63) is 35.4 Å². The molecule has 2 amide bonds. The molecule has 0 bridgehead atoms. The number of hydrogen-bond acceptors (Lipinski definition) is 2. The molecule has 0 saturated carbocycles. The molecule has 0 aromatic heterocycles. The number of alkyl halides is 2. The molecule has 4 nitrogen and oxygen atoms in total. The monoisotopic (exact) mass is 288 g/mol. The Morgan fingerprint density at radius 2 is 1.28 bits per heavy atom. The van der Waals surface area contributed by atoms with Gasteiger partial charge in [0.05, 0.1) is 11.1 Å². The molecular formula is C12H14Cl2N2O2. The van der Waals surface area contributed by atoms with Gasteiger partial charge in [0, 0.05) is 24.8 Å². The Bertz CT molecular complexity index is 385. The lowest BCUT2D eigenvalue weighted by molar-refractivity contribution is 0.0922. The Morgan fingerprint density at radius 3 is 1.61 bits per heavy atom. The van der Waals surface area contributed by atoms with Crippen molar-refractivity contribution in [3.63, 3.8) is 0 Å². The summed E-state index contributed by atoms with van der Waals surface area (Å²) in [6, 6.07) is 6.60. The van der Waals surface area contributed by atoms with Crippen LogP contribution in [-0.2, 0) is 0 Å². The molecule has 0 radical (unpaired) electrons. The van der Waals surface area contributed by atoms with E-state index in [-0.39, 0.29) is 11.8 Å². The number of halogens is 2. The molecule has 98 valence electrons. The normalized spacial score (nSPS) is 9.89. The highest BCUT2D eigenvalue weighted by Crippen LogP contribution is 2.08. The number of nitrogens with one attached hydrogen (secondary N) is 2. The number of hydrogen-bond donors (Lipinski definition) is 2. The molecule has 18 heavy (non-hydrogen) atoms. The van der Waals surface area contributed by atoms with Crippen molar-refractivity contribution in [2.75, 3.05) is 24.8 Å². The number of rotatable bonds is 6. The average molecular weight is 289 g/mol. The zero-order valence-electron chi connectivity index (χ0n) is 9.71. The van der Waals surface area contributed by atoms with Crippen LogP contribution < -0.4 is 10.6 Å². The van der Waals surface area contributed by atoms with Crippen molar-refractivity contribution in [2.24, 2.45) is 0 Å². The summed E-state index contributed by atoms with van der Waals surface area (Å²) in [6.45, 7) is 0.718. The Hall–Kier alpha value is -1.26. The smallest absolute Gasteiger partial charge is 0.252 e. The molecule has 0 aliphatic heterocycles. The topological polar surface area (TPSA) is 58.2 Å². The van der Waals surface area contributed by atoms with E-state index in [1.165, 1.54) is 0 Å².